The summed E-state index contributed by atoms with van der Waals surface area (Å²) in [6.07, 6.45) is 3.28. The zero-order valence-electron chi connectivity index (χ0n) is 6.71. The SMILES string of the molecule is CN1CC(C(=O)O)CC12CC2. The first-order valence-corrected chi connectivity index (χ1v) is 4.08. The molecule has 1 atom stereocenters. The molecule has 1 saturated carbocycles. The molecular weight excluding hydrogens is 142 g/mol. The average molecular weight is 155 g/mol. The first-order valence-electron chi connectivity index (χ1n) is 4.08. The van der Waals surface area contributed by atoms with E-state index in [1.165, 1.54) is 12.8 Å². The van der Waals surface area contributed by atoms with Crippen molar-refractivity contribution < 1.29 is 9.90 Å². The summed E-state index contributed by atoms with van der Waals surface area (Å²) in [5.74, 6) is -0.733. The van der Waals surface area contributed by atoms with Gasteiger partial charge in [0, 0.05) is 12.1 Å². The van der Waals surface area contributed by atoms with Crippen LogP contribution < -0.4 is 0 Å². The first kappa shape index (κ1) is 7.10. The lowest BCUT2D eigenvalue weighted by molar-refractivity contribution is -0.141. The van der Waals surface area contributed by atoms with Crippen LogP contribution in [0.2, 0.25) is 0 Å². The van der Waals surface area contributed by atoms with Gasteiger partial charge in [-0.2, -0.15) is 0 Å². The Bertz CT molecular complexity index is 198. The summed E-state index contributed by atoms with van der Waals surface area (Å²) >= 11 is 0. The number of carboxylic acid groups (broad SMARTS) is 1. The molecule has 2 aliphatic rings. The molecule has 3 nitrogen and oxygen atoms in total. The number of carboxylic acids is 1. The molecular formula is C8H13NO2. The van der Waals surface area contributed by atoms with Gasteiger partial charge in [0.1, 0.15) is 0 Å². The van der Waals surface area contributed by atoms with E-state index in [9.17, 15) is 4.79 Å². The molecule has 1 aliphatic heterocycles. The zero-order valence-corrected chi connectivity index (χ0v) is 6.71. The quantitative estimate of drug-likeness (QED) is 0.601. The lowest BCUT2D eigenvalue weighted by Gasteiger charge is -2.16. The van der Waals surface area contributed by atoms with Gasteiger partial charge in [-0.25, -0.2) is 0 Å². The normalized spacial score (nSPS) is 34.5. The highest BCUT2D eigenvalue weighted by Gasteiger charge is 2.53. The van der Waals surface area contributed by atoms with Gasteiger partial charge in [-0.1, -0.05) is 0 Å². The van der Waals surface area contributed by atoms with E-state index in [1.54, 1.807) is 0 Å². The number of carbonyl (C=O) groups is 1. The third kappa shape index (κ3) is 0.948. The second kappa shape index (κ2) is 1.97. The Kier molecular flexibility index (Phi) is 1.27. The molecule has 0 amide bonds. The Hall–Kier alpha value is -0.570. The predicted octanol–water partition coefficient (Wildman–Crippen LogP) is 0.555. The molecule has 0 aromatic carbocycles. The van der Waals surface area contributed by atoms with Gasteiger partial charge in [0.25, 0.3) is 0 Å². The van der Waals surface area contributed by atoms with Crippen LogP contribution in [0.4, 0.5) is 0 Å². The summed E-state index contributed by atoms with van der Waals surface area (Å²) in [5, 5.41) is 8.76. The monoisotopic (exact) mass is 155 g/mol. The Morgan fingerprint density at radius 3 is 2.55 bits per heavy atom. The summed E-state index contributed by atoms with van der Waals surface area (Å²) in [5.41, 5.74) is 0.309. The molecule has 0 aromatic rings. The van der Waals surface area contributed by atoms with Crippen LogP contribution in [-0.4, -0.2) is 35.1 Å². The molecule has 11 heavy (non-hydrogen) atoms. The fraction of sp³-hybridized carbons (Fsp3) is 0.875. The van der Waals surface area contributed by atoms with Crippen LogP contribution in [0.5, 0.6) is 0 Å². The van der Waals surface area contributed by atoms with E-state index in [2.05, 4.69) is 4.90 Å². The highest BCUT2D eigenvalue weighted by molar-refractivity contribution is 5.71. The van der Waals surface area contributed by atoms with Crippen LogP contribution in [0.25, 0.3) is 0 Å². The smallest absolute Gasteiger partial charge is 0.307 e. The number of likely N-dealkylation sites (tertiary alicyclic amines) is 1. The maximum Gasteiger partial charge on any atom is 0.307 e. The van der Waals surface area contributed by atoms with Gasteiger partial charge in [0.05, 0.1) is 5.92 Å². The lowest BCUT2D eigenvalue weighted by Crippen LogP contribution is -2.26. The average Bonchev–Trinajstić information content (AvgIpc) is 2.59. The van der Waals surface area contributed by atoms with E-state index >= 15 is 0 Å². The van der Waals surface area contributed by atoms with Crippen LogP contribution in [0, 0.1) is 5.92 Å². The van der Waals surface area contributed by atoms with Gasteiger partial charge in [-0.15, -0.1) is 0 Å². The molecule has 2 rings (SSSR count). The largest absolute Gasteiger partial charge is 0.481 e. The van der Waals surface area contributed by atoms with E-state index < -0.39 is 5.97 Å². The van der Waals surface area contributed by atoms with Gasteiger partial charge >= 0.3 is 5.97 Å². The highest BCUT2D eigenvalue weighted by atomic mass is 16.4. The molecule has 1 aliphatic carbocycles. The van der Waals surface area contributed by atoms with Crippen molar-refractivity contribution in [2.45, 2.75) is 24.8 Å². The van der Waals surface area contributed by atoms with Crippen LogP contribution in [0.1, 0.15) is 19.3 Å². The molecule has 0 bridgehead atoms. The minimum atomic E-state index is -0.624. The first-order chi connectivity index (χ1) is 5.14. The summed E-state index contributed by atoms with van der Waals surface area (Å²) in [6, 6.07) is 0. The molecule has 62 valence electrons. The van der Waals surface area contributed by atoms with Gasteiger partial charge in [0.15, 0.2) is 0 Å². The van der Waals surface area contributed by atoms with Gasteiger partial charge in [0.2, 0.25) is 0 Å². The van der Waals surface area contributed by atoms with Crippen molar-refractivity contribution in [3.8, 4) is 0 Å². The molecule has 1 unspecified atom stereocenters. The summed E-state index contributed by atoms with van der Waals surface area (Å²) < 4.78 is 0. The van der Waals surface area contributed by atoms with Crippen LogP contribution in [0.15, 0.2) is 0 Å². The van der Waals surface area contributed by atoms with Crippen molar-refractivity contribution in [3.63, 3.8) is 0 Å². The fourth-order valence-corrected chi connectivity index (χ4v) is 2.10. The number of hydrogen-bond donors (Lipinski definition) is 1. The molecule has 0 aromatic heterocycles. The van der Waals surface area contributed by atoms with Gasteiger partial charge < -0.3 is 5.11 Å². The van der Waals surface area contributed by atoms with Crippen molar-refractivity contribution >= 4 is 5.97 Å². The van der Waals surface area contributed by atoms with Crippen molar-refractivity contribution in [3.05, 3.63) is 0 Å². The Morgan fingerprint density at radius 2 is 2.27 bits per heavy atom. The third-order valence-corrected chi connectivity index (χ3v) is 3.11. The number of aliphatic carboxylic acids is 1. The Morgan fingerprint density at radius 1 is 1.64 bits per heavy atom. The van der Waals surface area contributed by atoms with E-state index in [4.69, 9.17) is 5.11 Å². The second-order valence-electron chi connectivity index (χ2n) is 3.84. The predicted molar refractivity (Wildman–Crippen MR) is 40.3 cm³/mol. The van der Waals surface area contributed by atoms with E-state index in [0.717, 1.165) is 13.0 Å². The number of hydrogen-bond acceptors (Lipinski definition) is 2. The molecule has 0 radical (unpaired) electrons. The topological polar surface area (TPSA) is 40.5 Å². The standard InChI is InChI=1S/C8H13NO2/c1-9-5-6(7(10)11)4-8(9)2-3-8/h6H,2-5H2,1H3,(H,10,11). The third-order valence-electron chi connectivity index (χ3n) is 3.11. The van der Waals surface area contributed by atoms with Crippen molar-refractivity contribution in [1.29, 1.82) is 0 Å². The molecule has 1 spiro atoms. The minimum absolute atomic E-state index is 0.109. The van der Waals surface area contributed by atoms with Crippen molar-refractivity contribution in [2.24, 2.45) is 5.92 Å². The maximum absolute atomic E-state index is 10.6. The Balaban J connectivity index is 2.07. The fourth-order valence-electron chi connectivity index (χ4n) is 2.10. The second-order valence-corrected chi connectivity index (χ2v) is 3.84. The molecule has 2 fully saturated rings. The zero-order chi connectivity index (χ0) is 8.06. The van der Waals surface area contributed by atoms with Crippen LogP contribution >= 0.6 is 0 Å². The van der Waals surface area contributed by atoms with E-state index in [-0.39, 0.29) is 5.92 Å². The lowest BCUT2D eigenvalue weighted by atomic mass is 10.1. The highest BCUT2D eigenvalue weighted by Crippen LogP contribution is 2.50. The summed E-state index contributed by atoms with van der Waals surface area (Å²) in [7, 11) is 2.04. The molecule has 1 N–H and O–H groups in total. The molecule has 1 saturated heterocycles. The van der Waals surface area contributed by atoms with Gasteiger partial charge in [-0.3, -0.25) is 9.69 Å². The van der Waals surface area contributed by atoms with E-state index in [0.29, 0.717) is 5.54 Å². The summed E-state index contributed by atoms with van der Waals surface area (Å²) in [4.78, 5) is 12.9. The van der Waals surface area contributed by atoms with Gasteiger partial charge in [-0.05, 0) is 26.3 Å². The Labute approximate surface area is 66.0 Å². The number of nitrogens with zero attached hydrogens (tertiary/aromatic N) is 1. The molecule has 3 heteroatoms. The number of rotatable bonds is 1. The van der Waals surface area contributed by atoms with E-state index in [1.807, 2.05) is 7.05 Å². The maximum atomic E-state index is 10.6. The van der Waals surface area contributed by atoms with Crippen LogP contribution in [0.3, 0.4) is 0 Å². The van der Waals surface area contributed by atoms with Crippen molar-refractivity contribution in [2.75, 3.05) is 13.6 Å². The summed E-state index contributed by atoms with van der Waals surface area (Å²) in [6.45, 7) is 0.745. The van der Waals surface area contributed by atoms with Crippen molar-refractivity contribution in [1.82, 2.24) is 4.90 Å². The molecule has 1 heterocycles. The van der Waals surface area contributed by atoms with Crippen LogP contribution in [-0.2, 0) is 4.79 Å². The minimum Gasteiger partial charge on any atom is -0.481 e.